The molecular formula is C9H10N2O7. The number of carbonyl (C=O) groups is 5. The summed E-state index contributed by atoms with van der Waals surface area (Å²) in [6.45, 7) is 1.45. The van der Waals surface area contributed by atoms with E-state index in [1.54, 1.807) is 0 Å². The van der Waals surface area contributed by atoms with Crippen LogP contribution in [0.15, 0.2) is 0 Å². The highest BCUT2D eigenvalue weighted by atomic mass is 16.9. The maximum Gasteiger partial charge on any atom is 0.559 e. The Labute approximate surface area is 101 Å². The molecule has 1 heterocycles. The van der Waals surface area contributed by atoms with Gasteiger partial charge >= 0.3 is 6.16 Å². The van der Waals surface area contributed by atoms with Gasteiger partial charge in [0.25, 0.3) is 24.1 Å². The monoisotopic (exact) mass is 258 g/mol. The first-order chi connectivity index (χ1) is 8.49. The van der Waals surface area contributed by atoms with Crippen LogP contribution < -0.4 is 0 Å². The number of hydroxylamine groups is 4. The zero-order valence-electron chi connectivity index (χ0n) is 9.45. The molecule has 0 aromatic heterocycles. The molecule has 98 valence electrons. The minimum atomic E-state index is -1.52. The van der Waals surface area contributed by atoms with Gasteiger partial charge in [-0.3, -0.25) is 28.9 Å². The van der Waals surface area contributed by atoms with Crippen molar-refractivity contribution in [2.45, 2.75) is 26.2 Å². The largest absolute Gasteiger partial charge is 0.559 e. The van der Waals surface area contributed by atoms with Gasteiger partial charge in [0, 0.05) is 19.3 Å². The van der Waals surface area contributed by atoms with Crippen molar-refractivity contribution in [3.63, 3.8) is 0 Å². The van der Waals surface area contributed by atoms with Gasteiger partial charge in [-0.2, -0.15) is 4.79 Å². The first kappa shape index (κ1) is 13.6. The number of hydrogen-bond donors (Lipinski definition) is 0. The molecule has 0 saturated carbocycles. The van der Waals surface area contributed by atoms with Gasteiger partial charge in [-0.25, -0.2) is 0 Å². The lowest BCUT2D eigenvalue weighted by atomic mass is 10.4. The zero-order valence-corrected chi connectivity index (χ0v) is 9.45. The van der Waals surface area contributed by atoms with Crippen LogP contribution in [0.2, 0.25) is 0 Å². The van der Waals surface area contributed by atoms with Crippen LogP contribution in [-0.2, 0) is 28.9 Å². The third kappa shape index (κ3) is 3.03. The average Bonchev–Trinajstić information content (AvgIpc) is 2.66. The number of imide groups is 2. The fourth-order valence-corrected chi connectivity index (χ4v) is 1.12. The van der Waals surface area contributed by atoms with Gasteiger partial charge in [-0.15, -0.1) is 5.06 Å². The topological polar surface area (TPSA) is 110 Å². The molecule has 0 aliphatic carbocycles. The molecule has 1 aliphatic rings. The minimum absolute atomic E-state index is 0.0271. The van der Waals surface area contributed by atoms with E-state index in [9.17, 15) is 24.0 Å². The summed E-state index contributed by atoms with van der Waals surface area (Å²) in [6, 6.07) is 0. The summed E-state index contributed by atoms with van der Waals surface area (Å²) in [4.78, 5) is 63.3. The molecule has 0 radical (unpaired) electrons. The Morgan fingerprint density at radius 2 is 1.89 bits per heavy atom. The molecule has 0 unspecified atom stereocenters. The predicted molar refractivity (Wildman–Crippen MR) is 51.9 cm³/mol. The molecule has 9 nitrogen and oxygen atoms in total. The number of hydrogen-bond acceptors (Lipinski definition) is 7. The Kier molecular flexibility index (Phi) is 4.35. The van der Waals surface area contributed by atoms with E-state index in [4.69, 9.17) is 0 Å². The van der Waals surface area contributed by atoms with Crippen molar-refractivity contribution in [2.24, 2.45) is 0 Å². The highest BCUT2D eigenvalue weighted by Crippen LogP contribution is 2.12. The summed E-state index contributed by atoms with van der Waals surface area (Å²) in [6.07, 6.45) is -1.77. The third-order valence-electron chi connectivity index (χ3n) is 1.99. The van der Waals surface area contributed by atoms with Crippen LogP contribution in [0.25, 0.3) is 0 Å². The third-order valence-corrected chi connectivity index (χ3v) is 1.99. The summed E-state index contributed by atoms with van der Waals surface area (Å²) in [7, 11) is 0. The van der Waals surface area contributed by atoms with E-state index in [1.165, 1.54) is 6.92 Å². The van der Waals surface area contributed by atoms with Crippen molar-refractivity contribution in [1.82, 2.24) is 10.1 Å². The number of rotatable bonds is 3. The van der Waals surface area contributed by atoms with Crippen molar-refractivity contribution in [2.75, 3.05) is 0 Å². The van der Waals surface area contributed by atoms with Crippen LogP contribution in [0.3, 0.4) is 0 Å². The molecule has 1 fully saturated rings. The maximum absolute atomic E-state index is 11.1. The molecule has 9 heteroatoms. The summed E-state index contributed by atoms with van der Waals surface area (Å²) in [5.41, 5.74) is 0. The van der Waals surface area contributed by atoms with Crippen LogP contribution in [0.5, 0.6) is 0 Å². The van der Waals surface area contributed by atoms with Crippen LogP contribution in [0.1, 0.15) is 26.2 Å². The minimum Gasteiger partial charge on any atom is -0.294 e. The van der Waals surface area contributed by atoms with E-state index in [0.29, 0.717) is 0 Å². The summed E-state index contributed by atoms with van der Waals surface area (Å²) >= 11 is 0. The van der Waals surface area contributed by atoms with E-state index < -0.39 is 23.9 Å². The van der Waals surface area contributed by atoms with Gasteiger partial charge < -0.3 is 0 Å². The second-order valence-electron chi connectivity index (χ2n) is 3.19. The summed E-state index contributed by atoms with van der Waals surface area (Å²) in [5, 5.41) is 0.356. The molecule has 0 spiro atoms. The first-order valence-electron chi connectivity index (χ1n) is 5.02. The first-order valence-corrected chi connectivity index (χ1v) is 5.02. The molecule has 0 aromatic rings. The van der Waals surface area contributed by atoms with Gasteiger partial charge in [0.1, 0.15) is 0 Å². The van der Waals surface area contributed by atoms with Crippen molar-refractivity contribution in [3.05, 3.63) is 0 Å². The highest BCUT2D eigenvalue weighted by molar-refractivity contribution is 6.01. The van der Waals surface area contributed by atoms with E-state index >= 15 is 0 Å². The maximum atomic E-state index is 11.1. The molecule has 1 saturated heterocycles. The molecule has 0 atom stereocenters. The lowest BCUT2D eigenvalue weighted by Gasteiger charge is -2.15. The quantitative estimate of drug-likeness (QED) is 0.381. The summed E-state index contributed by atoms with van der Waals surface area (Å²) in [5.74, 6) is -2.17. The molecule has 0 bridgehead atoms. The van der Waals surface area contributed by atoms with Crippen LogP contribution in [0, 0.1) is 0 Å². The van der Waals surface area contributed by atoms with E-state index in [0.717, 1.165) is 0 Å². The fourth-order valence-electron chi connectivity index (χ4n) is 1.12. The average molecular weight is 258 g/mol. The van der Waals surface area contributed by atoms with E-state index in [2.05, 4.69) is 9.68 Å². The smallest absolute Gasteiger partial charge is 0.294 e. The predicted octanol–water partition coefficient (Wildman–Crippen LogP) is -0.486. The van der Waals surface area contributed by atoms with Crippen molar-refractivity contribution >= 4 is 30.3 Å². The lowest BCUT2D eigenvalue weighted by Crippen LogP contribution is -2.37. The normalized spacial score (nSPS) is 14.4. The van der Waals surface area contributed by atoms with Crippen molar-refractivity contribution in [3.8, 4) is 0 Å². The van der Waals surface area contributed by atoms with Crippen LogP contribution in [0.4, 0.5) is 4.79 Å². The Morgan fingerprint density at radius 3 is 2.33 bits per heavy atom. The highest BCUT2D eigenvalue weighted by Gasteiger charge is 2.34. The van der Waals surface area contributed by atoms with Crippen molar-refractivity contribution < 1.29 is 33.6 Å². The molecule has 18 heavy (non-hydrogen) atoms. The molecular weight excluding hydrogens is 248 g/mol. The van der Waals surface area contributed by atoms with Gasteiger partial charge in [-0.1, -0.05) is 12.0 Å². The van der Waals surface area contributed by atoms with Gasteiger partial charge in [0.05, 0.1) is 0 Å². The van der Waals surface area contributed by atoms with Gasteiger partial charge in [0.15, 0.2) is 0 Å². The van der Waals surface area contributed by atoms with Gasteiger partial charge in [-0.05, 0) is 0 Å². The zero-order chi connectivity index (χ0) is 13.7. The number of carbonyl (C=O) groups excluding carboxylic acids is 5. The Hall–Kier alpha value is -2.45. The molecule has 4 amide bonds. The SMILES string of the molecule is CCC(=O)N(C=O)OC(=O)ON1C(=O)CCC1=O. The van der Waals surface area contributed by atoms with Gasteiger partial charge in [0.2, 0.25) is 0 Å². The van der Waals surface area contributed by atoms with E-state index in [1.807, 2.05) is 0 Å². The van der Waals surface area contributed by atoms with Crippen LogP contribution in [-0.4, -0.2) is 40.4 Å². The second kappa shape index (κ2) is 5.75. The van der Waals surface area contributed by atoms with Crippen LogP contribution >= 0.6 is 0 Å². The second-order valence-corrected chi connectivity index (χ2v) is 3.19. The standard InChI is InChI=1S/C9H10N2O7/c1-2-6(13)10(5-12)17-9(16)18-11-7(14)3-4-8(11)15/h5H,2-4H2,1H3. The molecule has 0 aromatic carbocycles. The number of amides is 4. The number of nitrogens with zero attached hydrogens (tertiary/aromatic N) is 2. The Morgan fingerprint density at radius 1 is 1.33 bits per heavy atom. The molecule has 0 N–H and O–H groups in total. The molecule has 1 rings (SSSR count). The molecule has 1 aliphatic heterocycles. The van der Waals surface area contributed by atoms with Crippen molar-refractivity contribution in [1.29, 1.82) is 0 Å². The Bertz CT molecular complexity index is 390. The Balaban J connectivity index is 2.55. The fraction of sp³-hybridized carbons (Fsp3) is 0.444. The van der Waals surface area contributed by atoms with E-state index in [-0.39, 0.29) is 35.8 Å². The lowest BCUT2D eigenvalue weighted by molar-refractivity contribution is -0.197. The summed E-state index contributed by atoms with van der Waals surface area (Å²) < 4.78 is 0.